The molecule has 0 aromatic heterocycles. The maximum atomic E-state index is 3.67. The van der Waals surface area contributed by atoms with E-state index in [1.54, 1.807) is 0 Å². The van der Waals surface area contributed by atoms with Crippen molar-refractivity contribution >= 4 is 0 Å². The Morgan fingerprint density at radius 1 is 1.00 bits per heavy atom. The van der Waals surface area contributed by atoms with Crippen LogP contribution in [-0.2, 0) is 19.4 Å². The Labute approximate surface area is 109 Å². The third kappa shape index (κ3) is 2.46. The highest BCUT2D eigenvalue weighted by Gasteiger charge is 2.19. The molecule has 18 heavy (non-hydrogen) atoms. The van der Waals surface area contributed by atoms with Crippen LogP contribution in [0.15, 0.2) is 48.5 Å². The van der Waals surface area contributed by atoms with Gasteiger partial charge in [0.15, 0.2) is 0 Å². The largest absolute Gasteiger partial charge is 0.309 e. The minimum absolute atomic E-state index is 0.600. The number of nitrogens with one attached hydrogen (secondary N) is 1. The molecule has 1 heteroatoms. The Balaban J connectivity index is 1.60. The number of aryl methyl sites for hydroxylation is 1. The molecule has 0 amide bonds. The molecule has 1 aliphatic carbocycles. The van der Waals surface area contributed by atoms with E-state index in [4.69, 9.17) is 0 Å². The molecule has 0 heterocycles. The standard InChI is InChI=1S/C17H19N/c1-13-5-4-6-14(9-13)12-18-17-10-15-7-2-3-8-16(15)11-17/h2-9,17-18H,10-12H2,1H3. The molecule has 92 valence electrons. The number of hydrogen-bond acceptors (Lipinski definition) is 1. The first-order valence-electron chi connectivity index (χ1n) is 6.67. The fourth-order valence-corrected chi connectivity index (χ4v) is 2.79. The van der Waals surface area contributed by atoms with Crippen LogP contribution in [-0.4, -0.2) is 6.04 Å². The molecule has 1 aliphatic rings. The second-order valence-corrected chi connectivity index (χ2v) is 5.24. The highest BCUT2D eigenvalue weighted by atomic mass is 14.9. The Morgan fingerprint density at radius 2 is 1.72 bits per heavy atom. The minimum atomic E-state index is 0.600. The van der Waals surface area contributed by atoms with Crippen LogP contribution in [0.4, 0.5) is 0 Å². The zero-order valence-electron chi connectivity index (χ0n) is 10.8. The summed E-state index contributed by atoms with van der Waals surface area (Å²) in [6.07, 6.45) is 2.34. The zero-order chi connectivity index (χ0) is 12.4. The molecule has 0 saturated carbocycles. The lowest BCUT2D eigenvalue weighted by Crippen LogP contribution is -2.28. The molecule has 0 fully saturated rings. The van der Waals surface area contributed by atoms with Gasteiger partial charge in [-0.3, -0.25) is 0 Å². The summed E-state index contributed by atoms with van der Waals surface area (Å²) in [5.41, 5.74) is 5.74. The highest BCUT2D eigenvalue weighted by Crippen LogP contribution is 2.21. The molecular formula is C17H19N. The van der Waals surface area contributed by atoms with Crippen molar-refractivity contribution in [2.24, 2.45) is 0 Å². The average molecular weight is 237 g/mol. The third-order valence-corrected chi connectivity index (χ3v) is 3.73. The van der Waals surface area contributed by atoms with Gasteiger partial charge in [0, 0.05) is 12.6 Å². The van der Waals surface area contributed by atoms with Crippen LogP contribution >= 0.6 is 0 Å². The minimum Gasteiger partial charge on any atom is -0.309 e. The molecule has 0 bridgehead atoms. The quantitative estimate of drug-likeness (QED) is 0.864. The first kappa shape index (κ1) is 11.5. The summed E-state index contributed by atoms with van der Waals surface area (Å²) in [5, 5.41) is 3.67. The van der Waals surface area contributed by atoms with Crippen LogP contribution in [0.5, 0.6) is 0 Å². The van der Waals surface area contributed by atoms with E-state index in [0.29, 0.717) is 6.04 Å². The highest BCUT2D eigenvalue weighted by molar-refractivity contribution is 5.33. The third-order valence-electron chi connectivity index (χ3n) is 3.73. The fraction of sp³-hybridized carbons (Fsp3) is 0.294. The van der Waals surface area contributed by atoms with Gasteiger partial charge >= 0.3 is 0 Å². The second kappa shape index (κ2) is 4.95. The van der Waals surface area contributed by atoms with E-state index < -0.39 is 0 Å². The lowest BCUT2D eigenvalue weighted by molar-refractivity contribution is 0.533. The summed E-state index contributed by atoms with van der Waals surface area (Å²) in [6.45, 7) is 3.12. The normalized spacial score (nSPS) is 14.7. The van der Waals surface area contributed by atoms with Gasteiger partial charge in [-0.1, -0.05) is 54.1 Å². The lowest BCUT2D eigenvalue weighted by Gasteiger charge is -2.12. The SMILES string of the molecule is Cc1cccc(CNC2Cc3ccccc3C2)c1. The smallest absolute Gasteiger partial charge is 0.0208 e. The van der Waals surface area contributed by atoms with E-state index in [9.17, 15) is 0 Å². The van der Waals surface area contributed by atoms with E-state index >= 15 is 0 Å². The van der Waals surface area contributed by atoms with E-state index in [2.05, 4.69) is 60.8 Å². The number of rotatable bonds is 3. The van der Waals surface area contributed by atoms with Crippen molar-refractivity contribution in [1.82, 2.24) is 5.32 Å². The molecule has 1 nitrogen and oxygen atoms in total. The Bertz CT molecular complexity index is 520. The van der Waals surface area contributed by atoms with E-state index in [1.807, 2.05) is 0 Å². The predicted octanol–water partition coefficient (Wildman–Crippen LogP) is 3.25. The zero-order valence-corrected chi connectivity index (χ0v) is 10.8. The van der Waals surface area contributed by atoms with Crippen molar-refractivity contribution in [3.8, 4) is 0 Å². The lowest BCUT2D eigenvalue weighted by atomic mass is 10.1. The molecule has 2 aromatic carbocycles. The molecule has 0 spiro atoms. The monoisotopic (exact) mass is 237 g/mol. The molecule has 2 aromatic rings. The van der Waals surface area contributed by atoms with E-state index in [-0.39, 0.29) is 0 Å². The van der Waals surface area contributed by atoms with E-state index in [0.717, 1.165) is 6.54 Å². The number of hydrogen-bond donors (Lipinski definition) is 1. The van der Waals surface area contributed by atoms with Gasteiger partial charge in [0.2, 0.25) is 0 Å². The van der Waals surface area contributed by atoms with Gasteiger partial charge in [-0.2, -0.15) is 0 Å². The summed E-state index contributed by atoms with van der Waals surface area (Å²) >= 11 is 0. The molecule has 0 radical (unpaired) electrons. The van der Waals surface area contributed by atoms with Crippen LogP contribution in [0.25, 0.3) is 0 Å². The van der Waals surface area contributed by atoms with Crippen molar-refractivity contribution in [1.29, 1.82) is 0 Å². The van der Waals surface area contributed by atoms with E-state index in [1.165, 1.54) is 35.1 Å². The maximum absolute atomic E-state index is 3.67. The van der Waals surface area contributed by atoms with Gasteiger partial charge in [-0.05, 0) is 36.5 Å². The molecule has 0 unspecified atom stereocenters. The molecule has 3 rings (SSSR count). The van der Waals surface area contributed by atoms with Crippen LogP contribution in [0.2, 0.25) is 0 Å². The van der Waals surface area contributed by atoms with Crippen molar-refractivity contribution in [3.63, 3.8) is 0 Å². The molecule has 0 atom stereocenters. The Morgan fingerprint density at radius 3 is 2.39 bits per heavy atom. The molecule has 0 aliphatic heterocycles. The summed E-state index contributed by atoms with van der Waals surface area (Å²) in [6, 6.07) is 18.1. The molecule has 0 saturated heterocycles. The summed E-state index contributed by atoms with van der Waals surface area (Å²) in [4.78, 5) is 0. The van der Waals surface area contributed by atoms with Gasteiger partial charge in [0.25, 0.3) is 0 Å². The van der Waals surface area contributed by atoms with Crippen molar-refractivity contribution in [2.45, 2.75) is 32.4 Å². The summed E-state index contributed by atoms with van der Waals surface area (Å²) < 4.78 is 0. The fourth-order valence-electron chi connectivity index (χ4n) is 2.79. The summed E-state index contributed by atoms with van der Waals surface area (Å²) in [7, 11) is 0. The van der Waals surface area contributed by atoms with Gasteiger partial charge < -0.3 is 5.32 Å². The Kier molecular flexibility index (Phi) is 3.16. The topological polar surface area (TPSA) is 12.0 Å². The van der Waals surface area contributed by atoms with Crippen LogP contribution < -0.4 is 5.32 Å². The van der Waals surface area contributed by atoms with Crippen molar-refractivity contribution < 1.29 is 0 Å². The molecule has 1 N–H and O–H groups in total. The second-order valence-electron chi connectivity index (χ2n) is 5.24. The van der Waals surface area contributed by atoms with Gasteiger partial charge in [0.05, 0.1) is 0 Å². The number of benzene rings is 2. The van der Waals surface area contributed by atoms with Gasteiger partial charge in [-0.15, -0.1) is 0 Å². The van der Waals surface area contributed by atoms with Crippen LogP contribution in [0.3, 0.4) is 0 Å². The number of fused-ring (bicyclic) bond motifs is 1. The Hall–Kier alpha value is -1.60. The van der Waals surface area contributed by atoms with Crippen molar-refractivity contribution in [3.05, 3.63) is 70.8 Å². The van der Waals surface area contributed by atoms with Crippen LogP contribution in [0, 0.1) is 6.92 Å². The van der Waals surface area contributed by atoms with Gasteiger partial charge in [0.1, 0.15) is 0 Å². The maximum Gasteiger partial charge on any atom is 0.0208 e. The van der Waals surface area contributed by atoms with Gasteiger partial charge in [-0.25, -0.2) is 0 Å². The predicted molar refractivity (Wildman–Crippen MR) is 75.7 cm³/mol. The van der Waals surface area contributed by atoms with Crippen LogP contribution in [0.1, 0.15) is 22.3 Å². The molecular weight excluding hydrogens is 218 g/mol. The first-order chi connectivity index (χ1) is 8.81. The summed E-state index contributed by atoms with van der Waals surface area (Å²) in [5.74, 6) is 0. The first-order valence-corrected chi connectivity index (χ1v) is 6.67. The average Bonchev–Trinajstić information content (AvgIpc) is 2.79. The van der Waals surface area contributed by atoms with Crippen molar-refractivity contribution in [2.75, 3.05) is 0 Å².